The Hall–Kier alpha value is -4.66. The predicted octanol–water partition coefficient (Wildman–Crippen LogP) is 3.36. The maximum Gasteiger partial charge on any atom is 0.356 e. The molecule has 3 N–H and O–H groups in total. The van der Waals surface area contributed by atoms with Crippen LogP contribution < -0.4 is 11.1 Å². The lowest BCUT2D eigenvalue weighted by Crippen LogP contribution is -2.71. The molecule has 1 fully saturated rings. The molecule has 2 aromatic carbocycles. The summed E-state index contributed by atoms with van der Waals surface area (Å²) < 4.78 is 10.6. The second-order valence-corrected chi connectivity index (χ2v) is 11.7. The Balaban J connectivity index is 1.38. The van der Waals surface area contributed by atoms with Gasteiger partial charge in [-0.05, 0) is 22.8 Å². The zero-order chi connectivity index (χ0) is 31.9. The van der Waals surface area contributed by atoms with Gasteiger partial charge in [0.2, 0.25) is 6.61 Å². The number of aromatic nitrogens is 1. The third-order valence-corrected chi connectivity index (χ3v) is 8.82. The van der Waals surface area contributed by atoms with E-state index in [2.05, 4.69) is 20.2 Å². The fraction of sp³-hybridized carbons (Fsp3) is 0.200. The Morgan fingerprint density at radius 2 is 1.82 bits per heavy atom. The van der Waals surface area contributed by atoms with Crippen molar-refractivity contribution in [3.63, 3.8) is 0 Å². The third kappa shape index (κ3) is 7.03. The van der Waals surface area contributed by atoms with Crippen LogP contribution in [0.1, 0.15) is 22.9 Å². The molecule has 1 aromatic heterocycles. The van der Waals surface area contributed by atoms with Gasteiger partial charge in [0, 0.05) is 16.7 Å². The summed E-state index contributed by atoms with van der Waals surface area (Å²) in [5.41, 5.74) is 8.80. The molecule has 1 unspecified atom stereocenters. The van der Waals surface area contributed by atoms with Gasteiger partial charge in [0.25, 0.3) is 11.8 Å². The first-order valence-electron chi connectivity index (χ1n) is 13.4. The second-order valence-electron chi connectivity index (χ2n) is 9.49. The number of amides is 2. The highest BCUT2D eigenvalue weighted by atomic mass is 35.5. The van der Waals surface area contributed by atoms with E-state index >= 15 is 0 Å². The van der Waals surface area contributed by atoms with Gasteiger partial charge in [-0.3, -0.25) is 14.5 Å². The molecule has 3 heterocycles. The quantitative estimate of drug-likeness (QED) is 0.134. The number of esters is 2. The number of hydrogen-bond donors (Lipinski definition) is 2. The minimum absolute atomic E-state index is 0.0330. The van der Waals surface area contributed by atoms with Gasteiger partial charge < -0.3 is 25.4 Å². The van der Waals surface area contributed by atoms with Gasteiger partial charge in [0.15, 0.2) is 16.9 Å². The lowest BCUT2D eigenvalue weighted by molar-refractivity contribution is -0.154. The molecule has 2 atom stereocenters. The van der Waals surface area contributed by atoms with Gasteiger partial charge in [-0.15, -0.1) is 23.1 Å². The number of methoxy groups -OCH3 is 1. The number of anilines is 1. The molecule has 0 bridgehead atoms. The number of nitrogens with zero attached hydrogens (tertiary/aromatic N) is 3. The van der Waals surface area contributed by atoms with Crippen molar-refractivity contribution in [3.8, 4) is 0 Å². The van der Waals surface area contributed by atoms with Crippen molar-refractivity contribution in [3.05, 3.63) is 106 Å². The van der Waals surface area contributed by atoms with E-state index in [0.29, 0.717) is 11.3 Å². The fourth-order valence-electron chi connectivity index (χ4n) is 4.60. The van der Waals surface area contributed by atoms with Crippen molar-refractivity contribution >= 4 is 69.3 Å². The van der Waals surface area contributed by atoms with Crippen LogP contribution in [0.3, 0.4) is 0 Å². The van der Waals surface area contributed by atoms with Crippen LogP contribution in [0, 0.1) is 0 Å². The smallest absolute Gasteiger partial charge is 0.356 e. The van der Waals surface area contributed by atoms with E-state index < -0.39 is 47.9 Å². The number of nitrogen functional groups attached to an aromatic ring is 1. The number of benzene rings is 2. The number of thiazole rings is 1. The van der Waals surface area contributed by atoms with Gasteiger partial charge in [0.05, 0.1) is 7.11 Å². The molecule has 0 radical (unpaired) electrons. The summed E-state index contributed by atoms with van der Waals surface area (Å²) >= 11 is 8.30. The number of hydrogen-bond acceptors (Lipinski definition) is 12. The monoisotopic (exact) mass is 667 g/mol. The first kappa shape index (κ1) is 31.8. The average molecular weight is 668 g/mol. The molecule has 5 rings (SSSR count). The first-order valence-corrected chi connectivity index (χ1v) is 15.7. The van der Waals surface area contributed by atoms with Crippen molar-refractivity contribution in [1.82, 2.24) is 15.2 Å². The molecular weight excluding hydrogens is 642 g/mol. The highest BCUT2D eigenvalue weighted by Crippen LogP contribution is 2.42. The zero-order valence-corrected chi connectivity index (χ0v) is 26.0. The van der Waals surface area contributed by atoms with Gasteiger partial charge in [0.1, 0.15) is 22.8 Å². The summed E-state index contributed by atoms with van der Waals surface area (Å²) in [4.78, 5) is 62.6. The number of ether oxygens (including phenoxy) is 2. The number of rotatable bonds is 11. The number of allylic oxidation sites excluding steroid dienone is 1. The van der Waals surface area contributed by atoms with E-state index in [-0.39, 0.29) is 22.2 Å². The lowest BCUT2D eigenvalue weighted by Gasteiger charge is -2.49. The number of halogens is 1. The van der Waals surface area contributed by atoms with Crippen LogP contribution in [0.5, 0.6) is 0 Å². The number of carbonyl (C=O) groups excluding carboxylic acids is 4. The summed E-state index contributed by atoms with van der Waals surface area (Å²) in [5, 5.41) is 7.43. The average Bonchev–Trinajstić information content (AvgIpc) is 3.50. The normalized spacial score (nSPS) is 18.0. The number of oxime groups is 1. The molecule has 0 saturated carbocycles. The zero-order valence-electron chi connectivity index (χ0n) is 23.6. The molecule has 3 aromatic rings. The summed E-state index contributed by atoms with van der Waals surface area (Å²) in [7, 11) is 1.18. The molecule has 0 aliphatic carbocycles. The van der Waals surface area contributed by atoms with E-state index in [1.165, 1.54) is 40.8 Å². The van der Waals surface area contributed by atoms with Crippen LogP contribution >= 0.6 is 34.7 Å². The van der Waals surface area contributed by atoms with Gasteiger partial charge in [-0.2, -0.15) is 0 Å². The summed E-state index contributed by atoms with van der Waals surface area (Å²) in [5.74, 6) is -2.47. The molecule has 45 heavy (non-hydrogen) atoms. The van der Waals surface area contributed by atoms with E-state index in [4.69, 9.17) is 26.9 Å². The third-order valence-electron chi connectivity index (χ3n) is 6.72. The SMILES string of the molecule is COC(=O)CO/N=C(\C(=O)NC1C(=O)N2C(C(=O)OC(c3ccccc3)c3ccccc3)=C(/C=C/Cl)CS[C@H]12)c1csc(N)n1. The molecular formula is C30H26ClN5O7S2. The number of nitrogens with one attached hydrogen (secondary N) is 1. The minimum atomic E-state index is -1.02. The van der Waals surface area contributed by atoms with Crippen molar-refractivity contribution < 1.29 is 33.5 Å². The van der Waals surface area contributed by atoms with Crippen LogP contribution in [-0.2, 0) is 33.5 Å². The highest BCUT2D eigenvalue weighted by molar-refractivity contribution is 8.00. The number of carbonyl (C=O) groups is 4. The summed E-state index contributed by atoms with van der Waals surface area (Å²) in [6, 6.07) is 17.5. The first-order chi connectivity index (χ1) is 21.8. The highest BCUT2D eigenvalue weighted by Gasteiger charge is 2.54. The Morgan fingerprint density at radius 3 is 2.40 bits per heavy atom. The van der Waals surface area contributed by atoms with Crippen molar-refractivity contribution in [1.29, 1.82) is 0 Å². The standard InChI is InChI=1S/C30H26ClN5O7S2/c1-41-21(37)14-42-35-22(20-16-45-30(32)33-20)26(38)34-23-27(39)36-24(19(12-13-31)15-44-28(23)36)29(40)43-25(17-8-4-2-5-9-17)18-10-6-3-7-11-18/h2-13,16,23,25,28H,14-15H2,1H3,(H2,32,33)(H,34,38)/b13-12+,35-22-/t23?,28-/m1/s1. The molecule has 2 aliphatic rings. The van der Waals surface area contributed by atoms with Gasteiger partial charge in [-0.25, -0.2) is 14.6 Å². The number of β-lactam (4-membered cyclic amide) rings is 1. The number of thioether (sulfide) groups is 1. The van der Waals surface area contributed by atoms with Crippen molar-refractivity contribution in [2.75, 3.05) is 25.2 Å². The van der Waals surface area contributed by atoms with E-state index in [1.807, 2.05) is 60.7 Å². The van der Waals surface area contributed by atoms with Crippen LogP contribution in [0.15, 0.2) is 94.1 Å². The van der Waals surface area contributed by atoms with Crippen LogP contribution in [-0.4, -0.2) is 70.2 Å². The Labute approximate surface area is 270 Å². The van der Waals surface area contributed by atoms with E-state index in [0.717, 1.165) is 22.5 Å². The van der Waals surface area contributed by atoms with E-state index in [1.54, 1.807) is 0 Å². The van der Waals surface area contributed by atoms with Crippen LogP contribution in [0.25, 0.3) is 0 Å². The van der Waals surface area contributed by atoms with Crippen LogP contribution in [0.2, 0.25) is 0 Å². The molecule has 2 amide bonds. The van der Waals surface area contributed by atoms with Gasteiger partial charge in [-0.1, -0.05) is 77.4 Å². The van der Waals surface area contributed by atoms with Crippen molar-refractivity contribution in [2.45, 2.75) is 17.5 Å². The minimum Gasteiger partial charge on any atom is -0.466 e. The second kappa shape index (κ2) is 14.4. The van der Waals surface area contributed by atoms with Crippen LogP contribution in [0.4, 0.5) is 5.13 Å². The number of nitrogens with two attached hydrogens (primary N) is 1. The fourth-order valence-corrected chi connectivity index (χ4v) is 6.62. The number of fused-ring (bicyclic) bond motifs is 1. The largest absolute Gasteiger partial charge is 0.466 e. The Kier molecular flexibility index (Phi) is 10.2. The lowest BCUT2D eigenvalue weighted by atomic mass is 10.0. The Bertz CT molecular complexity index is 1640. The maximum atomic E-state index is 13.9. The molecule has 0 spiro atoms. The van der Waals surface area contributed by atoms with E-state index in [9.17, 15) is 19.2 Å². The molecule has 15 heteroatoms. The maximum absolute atomic E-state index is 13.9. The van der Waals surface area contributed by atoms with Crippen molar-refractivity contribution in [2.24, 2.45) is 5.16 Å². The van der Waals surface area contributed by atoms with Gasteiger partial charge >= 0.3 is 11.9 Å². The molecule has 1 saturated heterocycles. The Morgan fingerprint density at radius 1 is 1.16 bits per heavy atom. The molecule has 2 aliphatic heterocycles. The summed E-state index contributed by atoms with van der Waals surface area (Å²) in [6.45, 7) is -0.554. The molecule has 232 valence electrons. The topological polar surface area (TPSA) is 163 Å². The predicted molar refractivity (Wildman–Crippen MR) is 169 cm³/mol. The summed E-state index contributed by atoms with van der Waals surface area (Å²) in [6.07, 6.45) is 0.791. The molecule has 12 nitrogen and oxygen atoms in total.